The summed E-state index contributed by atoms with van der Waals surface area (Å²) in [5.41, 5.74) is 2.40. The van der Waals surface area contributed by atoms with Crippen molar-refractivity contribution in [1.29, 1.82) is 0 Å². The monoisotopic (exact) mass is 333 g/mol. The van der Waals surface area contributed by atoms with Crippen LogP contribution in [-0.2, 0) is 11.2 Å². The van der Waals surface area contributed by atoms with Gasteiger partial charge in [-0.1, -0.05) is 0 Å². The van der Waals surface area contributed by atoms with E-state index in [1.165, 1.54) is 14.0 Å². The van der Waals surface area contributed by atoms with Crippen LogP contribution in [0.15, 0.2) is 17.0 Å². The van der Waals surface area contributed by atoms with E-state index in [1.807, 2.05) is 4.90 Å². The van der Waals surface area contributed by atoms with Crippen LogP contribution in [-0.4, -0.2) is 18.7 Å². The molecule has 0 radical (unpaired) electrons. The molecule has 0 saturated carbocycles. The van der Waals surface area contributed by atoms with E-state index in [0.717, 1.165) is 18.7 Å². The summed E-state index contributed by atoms with van der Waals surface area (Å²) in [6, 6.07) is 4.33. The van der Waals surface area contributed by atoms with Gasteiger partial charge in [0, 0.05) is 27.6 Å². The minimum atomic E-state index is 0.140. The Morgan fingerprint density at radius 2 is 2.27 bits per heavy atom. The van der Waals surface area contributed by atoms with Crippen molar-refractivity contribution in [1.82, 2.24) is 0 Å². The summed E-state index contributed by atoms with van der Waals surface area (Å²) in [5.74, 6) is 0.140. The second-order valence-electron chi connectivity index (χ2n) is 3.54. The fourth-order valence-corrected chi connectivity index (χ4v) is 3.50. The average Bonchev–Trinajstić information content (AvgIpc) is 2.59. The van der Waals surface area contributed by atoms with Crippen LogP contribution in [0.5, 0.6) is 0 Å². The number of fused-ring (bicyclic) bond motifs is 1. The Kier molecular flexibility index (Phi) is 3.25. The highest BCUT2D eigenvalue weighted by Gasteiger charge is 2.23. The number of halogens is 1. The van der Waals surface area contributed by atoms with Crippen LogP contribution in [0.4, 0.5) is 5.69 Å². The number of amides is 1. The third kappa shape index (κ3) is 2.01. The highest BCUT2D eigenvalue weighted by atomic mass is 127. The molecule has 80 valence electrons. The van der Waals surface area contributed by atoms with E-state index in [-0.39, 0.29) is 5.91 Å². The summed E-state index contributed by atoms with van der Waals surface area (Å²) < 4.78 is 1.23. The van der Waals surface area contributed by atoms with E-state index in [4.69, 9.17) is 0 Å². The number of nitrogens with zero attached hydrogens (tertiary/aromatic N) is 1. The van der Waals surface area contributed by atoms with Gasteiger partial charge in [-0.2, -0.15) is 0 Å². The van der Waals surface area contributed by atoms with Gasteiger partial charge in [-0.15, -0.1) is 11.8 Å². The van der Waals surface area contributed by atoms with Gasteiger partial charge in [-0.3, -0.25) is 4.79 Å². The third-order valence-electron chi connectivity index (χ3n) is 2.63. The Morgan fingerprint density at radius 3 is 2.87 bits per heavy atom. The van der Waals surface area contributed by atoms with Crippen LogP contribution in [0.1, 0.15) is 12.5 Å². The molecule has 0 N–H and O–H groups in total. The van der Waals surface area contributed by atoms with Crippen molar-refractivity contribution in [2.45, 2.75) is 18.2 Å². The standard InChI is InChI=1S/C11H12INOS/c1-7(14)13-4-3-8-5-11(15-2)9(12)6-10(8)13/h5-6H,3-4H2,1-2H3. The zero-order valence-electron chi connectivity index (χ0n) is 8.71. The number of rotatable bonds is 1. The average molecular weight is 333 g/mol. The Bertz CT molecular complexity index is 419. The van der Waals surface area contributed by atoms with Crippen molar-refractivity contribution >= 4 is 45.9 Å². The van der Waals surface area contributed by atoms with Crippen LogP contribution >= 0.6 is 34.4 Å². The van der Waals surface area contributed by atoms with Gasteiger partial charge in [0.05, 0.1) is 0 Å². The quantitative estimate of drug-likeness (QED) is 0.582. The normalized spacial score (nSPS) is 14.2. The number of carbonyl (C=O) groups is 1. The number of hydrogen-bond donors (Lipinski definition) is 0. The first-order valence-corrected chi connectivity index (χ1v) is 7.08. The SMILES string of the molecule is CSc1cc2c(cc1I)N(C(C)=O)CC2. The number of anilines is 1. The van der Waals surface area contributed by atoms with Crippen molar-refractivity contribution in [2.75, 3.05) is 17.7 Å². The highest BCUT2D eigenvalue weighted by Crippen LogP contribution is 2.34. The van der Waals surface area contributed by atoms with E-state index in [1.54, 1.807) is 18.7 Å². The summed E-state index contributed by atoms with van der Waals surface area (Å²) in [6.07, 6.45) is 3.07. The van der Waals surface area contributed by atoms with E-state index in [9.17, 15) is 4.79 Å². The molecule has 1 amide bonds. The first-order valence-electron chi connectivity index (χ1n) is 4.78. The highest BCUT2D eigenvalue weighted by molar-refractivity contribution is 14.1. The molecule has 0 bridgehead atoms. The Balaban J connectivity index is 2.47. The predicted molar refractivity (Wildman–Crippen MR) is 72.7 cm³/mol. The van der Waals surface area contributed by atoms with Gasteiger partial charge >= 0.3 is 0 Å². The maximum atomic E-state index is 11.4. The molecule has 2 rings (SSSR count). The molecule has 1 aromatic carbocycles. The summed E-state index contributed by atoms with van der Waals surface area (Å²) in [7, 11) is 0. The molecule has 1 heterocycles. The van der Waals surface area contributed by atoms with Gasteiger partial charge in [-0.25, -0.2) is 0 Å². The number of benzene rings is 1. The second-order valence-corrected chi connectivity index (χ2v) is 5.55. The lowest BCUT2D eigenvalue weighted by atomic mass is 10.2. The molecule has 1 aliphatic rings. The van der Waals surface area contributed by atoms with Crippen LogP contribution in [0, 0.1) is 3.57 Å². The molecule has 4 heteroatoms. The van der Waals surface area contributed by atoms with Gasteiger partial charge in [0.15, 0.2) is 0 Å². The van der Waals surface area contributed by atoms with Crippen molar-refractivity contribution in [2.24, 2.45) is 0 Å². The maximum absolute atomic E-state index is 11.4. The number of carbonyl (C=O) groups excluding carboxylic acids is 1. The lowest BCUT2D eigenvalue weighted by Crippen LogP contribution is -2.25. The summed E-state index contributed by atoms with van der Waals surface area (Å²) in [6.45, 7) is 2.46. The molecule has 15 heavy (non-hydrogen) atoms. The number of thioether (sulfide) groups is 1. The smallest absolute Gasteiger partial charge is 0.223 e. The van der Waals surface area contributed by atoms with Gasteiger partial charge in [0.25, 0.3) is 0 Å². The zero-order chi connectivity index (χ0) is 11.0. The molecule has 0 saturated heterocycles. The Labute approximate surface area is 108 Å². The van der Waals surface area contributed by atoms with E-state index in [0.29, 0.717) is 0 Å². The molecule has 0 aliphatic carbocycles. The molecule has 0 unspecified atom stereocenters. The molecule has 1 aliphatic heterocycles. The molecular formula is C11H12INOS. The van der Waals surface area contributed by atoms with Crippen molar-refractivity contribution in [3.05, 3.63) is 21.3 Å². The minimum absolute atomic E-state index is 0.140. The van der Waals surface area contributed by atoms with Gasteiger partial charge in [0.2, 0.25) is 5.91 Å². The first-order chi connectivity index (χ1) is 7.13. The molecule has 2 nitrogen and oxygen atoms in total. The third-order valence-corrected chi connectivity index (χ3v) is 4.66. The summed E-state index contributed by atoms with van der Waals surface area (Å²) >= 11 is 4.09. The minimum Gasteiger partial charge on any atom is -0.312 e. The fourth-order valence-electron chi connectivity index (χ4n) is 1.87. The van der Waals surface area contributed by atoms with Crippen molar-refractivity contribution in [3.8, 4) is 0 Å². The topological polar surface area (TPSA) is 20.3 Å². The van der Waals surface area contributed by atoms with Crippen LogP contribution in [0.25, 0.3) is 0 Å². The van der Waals surface area contributed by atoms with Gasteiger partial charge in [0.1, 0.15) is 0 Å². The molecule has 1 aromatic rings. The summed E-state index contributed by atoms with van der Waals surface area (Å²) in [4.78, 5) is 14.6. The van der Waals surface area contributed by atoms with Crippen LogP contribution in [0.2, 0.25) is 0 Å². The Morgan fingerprint density at radius 1 is 1.53 bits per heavy atom. The van der Waals surface area contributed by atoms with E-state index >= 15 is 0 Å². The molecule has 0 atom stereocenters. The molecule has 0 fully saturated rings. The Hall–Kier alpha value is -0.230. The van der Waals surface area contributed by atoms with Crippen molar-refractivity contribution in [3.63, 3.8) is 0 Å². The fraction of sp³-hybridized carbons (Fsp3) is 0.364. The lowest BCUT2D eigenvalue weighted by molar-refractivity contribution is -0.116. The summed E-state index contributed by atoms with van der Waals surface area (Å²) in [5, 5.41) is 0. The molecular weight excluding hydrogens is 321 g/mol. The molecule has 0 spiro atoms. The van der Waals surface area contributed by atoms with Gasteiger partial charge < -0.3 is 4.90 Å². The largest absolute Gasteiger partial charge is 0.312 e. The maximum Gasteiger partial charge on any atom is 0.223 e. The molecule has 0 aromatic heterocycles. The van der Waals surface area contributed by atoms with Crippen LogP contribution in [0.3, 0.4) is 0 Å². The first kappa shape index (κ1) is 11.3. The number of hydrogen-bond acceptors (Lipinski definition) is 2. The van der Waals surface area contributed by atoms with Gasteiger partial charge in [-0.05, 0) is 53.0 Å². The predicted octanol–water partition coefficient (Wildman–Crippen LogP) is 2.92. The van der Waals surface area contributed by atoms with Crippen molar-refractivity contribution < 1.29 is 4.79 Å². The van der Waals surface area contributed by atoms with Crippen LogP contribution < -0.4 is 4.90 Å². The second kappa shape index (κ2) is 4.33. The van der Waals surface area contributed by atoms with E-state index in [2.05, 4.69) is 41.0 Å². The lowest BCUT2D eigenvalue weighted by Gasteiger charge is -2.15. The zero-order valence-corrected chi connectivity index (χ0v) is 11.7. The van der Waals surface area contributed by atoms with E-state index < -0.39 is 0 Å².